The minimum absolute atomic E-state index is 0.112. The van der Waals surface area contributed by atoms with Crippen molar-refractivity contribution in [3.05, 3.63) is 23.8 Å². The third-order valence-corrected chi connectivity index (χ3v) is 3.34. The molecule has 0 amide bonds. The number of aliphatic hydroxyl groups excluding tert-OH is 1. The number of benzene rings is 1. The van der Waals surface area contributed by atoms with Crippen LogP contribution >= 0.6 is 0 Å². The van der Waals surface area contributed by atoms with Crippen LogP contribution in [0.4, 0.5) is 11.4 Å². The van der Waals surface area contributed by atoms with Gasteiger partial charge in [0.2, 0.25) is 0 Å². The zero-order valence-electron chi connectivity index (χ0n) is 9.93. The molecule has 0 radical (unpaired) electrons. The van der Waals surface area contributed by atoms with Crippen LogP contribution < -0.4 is 10.6 Å². The Labute approximate surface area is 101 Å². The lowest BCUT2D eigenvalue weighted by molar-refractivity contribution is 0.0465. The van der Waals surface area contributed by atoms with Gasteiger partial charge >= 0.3 is 0 Å². The fourth-order valence-electron chi connectivity index (χ4n) is 2.23. The summed E-state index contributed by atoms with van der Waals surface area (Å²) < 4.78 is 0. The average molecular weight is 231 g/mol. The predicted octanol–water partition coefficient (Wildman–Crippen LogP) is 1.35. The normalized spacial score (nSPS) is 22.6. The summed E-state index contributed by atoms with van der Waals surface area (Å²) in [7, 11) is 2.01. The van der Waals surface area contributed by atoms with Crippen LogP contribution in [0.3, 0.4) is 0 Å². The molecule has 0 spiro atoms. The molecule has 4 nitrogen and oxygen atoms in total. The summed E-state index contributed by atoms with van der Waals surface area (Å²) in [5.74, 6) is 0.562. The quantitative estimate of drug-likeness (QED) is 0.770. The molecular weight excluding hydrogens is 214 g/mol. The smallest absolute Gasteiger partial charge is 0.101 e. The molecule has 90 valence electrons. The second-order valence-electron chi connectivity index (χ2n) is 4.76. The number of nitrogens with zero attached hydrogens (tertiary/aromatic N) is 2. The SMILES string of the molecule is CN(CC1CC(O)C1)c1ccc(C#N)c(N)c1. The molecule has 2 rings (SSSR count). The third-order valence-electron chi connectivity index (χ3n) is 3.34. The van der Waals surface area contributed by atoms with E-state index in [4.69, 9.17) is 11.0 Å². The molecule has 0 aromatic heterocycles. The van der Waals surface area contributed by atoms with E-state index in [1.807, 2.05) is 19.2 Å². The van der Waals surface area contributed by atoms with E-state index in [1.54, 1.807) is 6.07 Å². The van der Waals surface area contributed by atoms with Gasteiger partial charge in [-0.25, -0.2) is 0 Å². The first-order valence-corrected chi connectivity index (χ1v) is 5.79. The molecule has 4 heteroatoms. The van der Waals surface area contributed by atoms with Gasteiger partial charge in [0.15, 0.2) is 0 Å². The molecule has 0 atom stereocenters. The van der Waals surface area contributed by atoms with E-state index >= 15 is 0 Å². The molecule has 1 aliphatic rings. The highest BCUT2D eigenvalue weighted by atomic mass is 16.3. The molecule has 1 aromatic rings. The van der Waals surface area contributed by atoms with Crippen molar-refractivity contribution in [1.29, 1.82) is 5.26 Å². The van der Waals surface area contributed by atoms with Gasteiger partial charge in [-0.2, -0.15) is 5.26 Å². The molecule has 1 aliphatic carbocycles. The second-order valence-corrected chi connectivity index (χ2v) is 4.76. The molecule has 0 unspecified atom stereocenters. The van der Waals surface area contributed by atoms with Crippen LogP contribution in [0.5, 0.6) is 0 Å². The fourth-order valence-corrected chi connectivity index (χ4v) is 2.23. The van der Waals surface area contributed by atoms with Crippen LogP contribution in [0.2, 0.25) is 0 Å². The summed E-state index contributed by atoms with van der Waals surface area (Å²) in [5.41, 5.74) is 7.83. The monoisotopic (exact) mass is 231 g/mol. The summed E-state index contributed by atoms with van der Waals surface area (Å²) in [4.78, 5) is 2.12. The summed E-state index contributed by atoms with van der Waals surface area (Å²) in [6, 6.07) is 7.53. The van der Waals surface area contributed by atoms with E-state index in [0.29, 0.717) is 17.2 Å². The third kappa shape index (κ3) is 2.51. The molecule has 1 aromatic carbocycles. The van der Waals surface area contributed by atoms with E-state index in [2.05, 4.69) is 11.0 Å². The Morgan fingerprint density at radius 3 is 2.76 bits per heavy atom. The van der Waals surface area contributed by atoms with Gasteiger partial charge in [-0.1, -0.05) is 0 Å². The summed E-state index contributed by atoms with van der Waals surface area (Å²) in [6.45, 7) is 0.919. The zero-order valence-corrected chi connectivity index (χ0v) is 9.93. The molecule has 1 saturated carbocycles. The van der Waals surface area contributed by atoms with Gasteiger partial charge < -0.3 is 15.7 Å². The van der Waals surface area contributed by atoms with E-state index in [0.717, 1.165) is 25.1 Å². The minimum Gasteiger partial charge on any atom is -0.398 e. The minimum atomic E-state index is -0.112. The lowest BCUT2D eigenvalue weighted by atomic mass is 9.82. The van der Waals surface area contributed by atoms with E-state index in [-0.39, 0.29) is 6.10 Å². The first-order valence-electron chi connectivity index (χ1n) is 5.79. The van der Waals surface area contributed by atoms with Gasteiger partial charge in [-0.05, 0) is 37.0 Å². The highest BCUT2D eigenvalue weighted by molar-refractivity contribution is 5.63. The van der Waals surface area contributed by atoms with E-state index < -0.39 is 0 Å². The first-order chi connectivity index (χ1) is 8.10. The maximum atomic E-state index is 9.24. The topological polar surface area (TPSA) is 73.3 Å². The van der Waals surface area contributed by atoms with Crippen LogP contribution in [-0.4, -0.2) is 24.8 Å². The Bertz CT molecular complexity index is 446. The van der Waals surface area contributed by atoms with Gasteiger partial charge in [0.05, 0.1) is 17.4 Å². The molecule has 3 N–H and O–H groups in total. The van der Waals surface area contributed by atoms with Crippen LogP contribution in [0.15, 0.2) is 18.2 Å². The number of nitriles is 1. The van der Waals surface area contributed by atoms with Gasteiger partial charge in [0, 0.05) is 19.3 Å². The number of nitrogens with two attached hydrogens (primary N) is 1. The molecule has 1 fully saturated rings. The number of aliphatic hydroxyl groups is 1. The van der Waals surface area contributed by atoms with Gasteiger partial charge in [-0.15, -0.1) is 0 Å². The summed E-state index contributed by atoms with van der Waals surface area (Å²) >= 11 is 0. The molecule has 0 bridgehead atoms. The molecular formula is C13H17N3O. The zero-order chi connectivity index (χ0) is 12.4. The average Bonchev–Trinajstić information content (AvgIpc) is 2.26. The Morgan fingerprint density at radius 2 is 2.24 bits per heavy atom. The van der Waals surface area contributed by atoms with Crippen molar-refractivity contribution < 1.29 is 5.11 Å². The number of rotatable bonds is 3. The standard InChI is InChI=1S/C13H17N3O/c1-16(8-9-4-12(17)5-9)11-3-2-10(7-14)13(15)6-11/h2-3,6,9,12,17H,4-5,8,15H2,1H3. The van der Waals surface area contributed by atoms with E-state index in [1.165, 1.54) is 0 Å². The second kappa shape index (κ2) is 4.64. The number of hydrogen-bond acceptors (Lipinski definition) is 4. The van der Waals surface area contributed by atoms with E-state index in [9.17, 15) is 5.11 Å². The van der Waals surface area contributed by atoms with Crippen molar-refractivity contribution in [3.63, 3.8) is 0 Å². The predicted molar refractivity (Wildman–Crippen MR) is 67.6 cm³/mol. The van der Waals surface area contributed by atoms with Crippen molar-refractivity contribution in [2.45, 2.75) is 18.9 Å². The van der Waals surface area contributed by atoms with Crippen molar-refractivity contribution in [3.8, 4) is 6.07 Å². The number of anilines is 2. The Morgan fingerprint density at radius 1 is 1.53 bits per heavy atom. The molecule has 0 saturated heterocycles. The van der Waals surface area contributed by atoms with Gasteiger partial charge in [0.1, 0.15) is 6.07 Å². The van der Waals surface area contributed by atoms with Crippen LogP contribution in [0.25, 0.3) is 0 Å². The highest BCUT2D eigenvalue weighted by Crippen LogP contribution is 2.29. The Balaban J connectivity index is 2.02. The Kier molecular flexibility index (Phi) is 3.21. The van der Waals surface area contributed by atoms with Crippen LogP contribution in [0.1, 0.15) is 18.4 Å². The summed E-state index contributed by atoms with van der Waals surface area (Å²) in [5, 5.41) is 18.0. The van der Waals surface area contributed by atoms with Gasteiger partial charge in [0.25, 0.3) is 0 Å². The lowest BCUT2D eigenvalue weighted by Gasteiger charge is -2.35. The van der Waals surface area contributed by atoms with Crippen molar-refractivity contribution >= 4 is 11.4 Å². The van der Waals surface area contributed by atoms with Crippen LogP contribution in [0, 0.1) is 17.2 Å². The maximum absolute atomic E-state index is 9.24. The largest absolute Gasteiger partial charge is 0.398 e. The fraction of sp³-hybridized carbons (Fsp3) is 0.462. The summed E-state index contributed by atoms with van der Waals surface area (Å²) in [6.07, 6.45) is 1.66. The molecule has 0 aliphatic heterocycles. The van der Waals surface area contributed by atoms with Gasteiger partial charge in [-0.3, -0.25) is 0 Å². The number of hydrogen-bond donors (Lipinski definition) is 2. The lowest BCUT2D eigenvalue weighted by Crippen LogP contribution is -2.37. The Hall–Kier alpha value is -1.73. The molecule has 17 heavy (non-hydrogen) atoms. The van der Waals surface area contributed by atoms with Crippen molar-refractivity contribution in [2.75, 3.05) is 24.2 Å². The highest BCUT2D eigenvalue weighted by Gasteiger charge is 2.28. The molecule has 0 heterocycles. The number of nitrogen functional groups attached to an aromatic ring is 1. The first kappa shape index (κ1) is 11.7. The van der Waals surface area contributed by atoms with Crippen LogP contribution in [-0.2, 0) is 0 Å². The maximum Gasteiger partial charge on any atom is 0.101 e. The van der Waals surface area contributed by atoms with Crippen molar-refractivity contribution in [1.82, 2.24) is 0 Å². The van der Waals surface area contributed by atoms with Crippen molar-refractivity contribution in [2.24, 2.45) is 5.92 Å².